The van der Waals surface area contributed by atoms with Crippen molar-refractivity contribution in [2.75, 3.05) is 22.9 Å². The lowest BCUT2D eigenvalue weighted by Gasteiger charge is -2.26. The molecule has 0 amide bonds. The molecule has 7 nitrogen and oxygen atoms in total. The highest BCUT2D eigenvalue weighted by atomic mass is 32.1. The minimum Gasteiger partial charge on any atom is -0.338 e. The van der Waals surface area contributed by atoms with Crippen LogP contribution in [0.4, 0.5) is 24.3 Å². The number of aryl methyl sites for hydroxylation is 1. The maximum Gasteiger partial charge on any atom is 0.408 e. The van der Waals surface area contributed by atoms with Gasteiger partial charge in [-0.25, -0.2) is 9.97 Å². The maximum atomic E-state index is 13.4. The van der Waals surface area contributed by atoms with E-state index in [1.165, 1.54) is 0 Å². The molecular weight excluding hydrogens is 467 g/mol. The normalized spacial score (nSPS) is 21.0. The molecular formula is C23H24F3N5O2S. The van der Waals surface area contributed by atoms with E-state index in [1.54, 1.807) is 0 Å². The van der Waals surface area contributed by atoms with Gasteiger partial charge in [0.2, 0.25) is 5.95 Å². The van der Waals surface area contributed by atoms with E-state index in [-0.39, 0.29) is 41.1 Å². The van der Waals surface area contributed by atoms with Gasteiger partial charge in [0.25, 0.3) is 5.56 Å². The second kappa shape index (κ2) is 9.01. The number of nitrogens with zero attached hydrogens (tertiary/aromatic N) is 4. The first-order chi connectivity index (χ1) is 16.3. The first-order valence-corrected chi connectivity index (χ1v) is 12.2. The summed E-state index contributed by atoms with van der Waals surface area (Å²) in [5, 5.41) is 0.509. The number of benzene rings is 1. The molecule has 0 radical (unpaired) electrons. The highest BCUT2D eigenvalue weighted by Gasteiger charge is 2.47. The summed E-state index contributed by atoms with van der Waals surface area (Å²) in [6.45, 7) is 0.809. The molecule has 2 aliphatic heterocycles. The molecule has 5 rings (SSSR count). The Labute approximate surface area is 197 Å². The van der Waals surface area contributed by atoms with Crippen LogP contribution in [0.15, 0.2) is 35.1 Å². The number of aromatic amines is 1. The van der Waals surface area contributed by atoms with Gasteiger partial charge in [-0.15, -0.1) is 0 Å². The van der Waals surface area contributed by atoms with Gasteiger partial charge in [0.1, 0.15) is 6.04 Å². The van der Waals surface area contributed by atoms with Crippen LogP contribution < -0.4 is 15.4 Å². The molecule has 2 atom stereocenters. The lowest BCUT2D eigenvalue weighted by molar-refractivity contribution is -0.146. The summed E-state index contributed by atoms with van der Waals surface area (Å²) >= 11 is 1.15. The third-order valence-electron chi connectivity index (χ3n) is 6.52. The number of halogens is 3. The molecule has 0 bridgehead atoms. The summed E-state index contributed by atoms with van der Waals surface area (Å²) in [7, 11) is 0. The van der Waals surface area contributed by atoms with Crippen LogP contribution in [0.2, 0.25) is 0 Å². The van der Waals surface area contributed by atoms with E-state index < -0.39 is 17.8 Å². The van der Waals surface area contributed by atoms with E-state index in [2.05, 4.69) is 15.0 Å². The fourth-order valence-corrected chi connectivity index (χ4v) is 5.85. The number of nitrogens with one attached hydrogen (secondary N) is 1. The van der Waals surface area contributed by atoms with Crippen LogP contribution >= 0.6 is 11.3 Å². The molecule has 2 saturated heterocycles. The molecule has 2 fully saturated rings. The van der Waals surface area contributed by atoms with E-state index >= 15 is 0 Å². The quantitative estimate of drug-likeness (QED) is 0.560. The number of hydrogen-bond acceptors (Lipinski definition) is 7. The Morgan fingerprint density at radius 2 is 1.82 bits per heavy atom. The van der Waals surface area contributed by atoms with Gasteiger partial charge < -0.3 is 9.80 Å². The summed E-state index contributed by atoms with van der Waals surface area (Å²) in [4.78, 5) is 40.2. The third kappa shape index (κ3) is 4.40. The number of anilines is 2. The van der Waals surface area contributed by atoms with Crippen LogP contribution in [0.1, 0.15) is 37.7 Å². The molecule has 1 aromatic carbocycles. The minimum atomic E-state index is -4.40. The van der Waals surface area contributed by atoms with Gasteiger partial charge in [-0.2, -0.15) is 13.2 Å². The number of carbonyl (C=O) groups is 1. The van der Waals surface area contributed by atoms with Crippen molar-refractivity contribution in [3.8, 4) is 0 Å². The maximum absolute atomic E-state index is 13.4. The summed E-state index contributed by atoms with van der Waals surface area (Å²) in [5.74, 6) is 0.0395. The van der Waals surface area contributed by atoms with Crippen molar-refractivity contribution < 1.29 is 18.0 Å². The van der Waals surface area contributed by atoms with Crippen LogP contribution in [0.5, 0.6) is 0 Å². The zero-order valence-corrected chi connectivity index (χ0v) is 19.2. The van der Waals surface area contributed by atoms with E-state index in [0.717, 1.165) is 28.2 Å². The van der Waals surface area contributed by atoms with E-state index in [0.29, 0.717) is 37.4 Å². The van der Waals surface area contributed by atoms with E-state index in [9.17, 15) is 22.8 Å². The Hall–Kier alpha value is -2.95. The second-order valence-electron chi connectivity index (χ2n) is 8.74. The van der Waals surface area contributed by atoms with Crippen molar-refractivity contribution in [1.82, 2.24) is 15.0 Å². The van der Waals surface area contributed by atoms with Gasteiger partial charge in [0.15, 0.2) is 21.3 Å². The molecule has 4 heterocycles. The first kappa shape index (κ1) is 22.8. The van der Waals surface area contributed by atoms with Crippen LogP contribution in [0.3, 0.4) is 0 Å². The summed E-state index contributed by atoms with van der Waals surface area (Å²) < 4.78 is 40.2. The zero-order chi connectivity index (χ0) is 23.9. The molecule has 34 heavy (non-hydrogen) atoms. The fraction of sp³-hybridized carbons (Fsp3) is 0.478. The van der Waals surface area contributed by atoms with Crippen molar-refractivity contribution >= 4 is 38.5 Å². The number of fused-ring (bicyclic) bond motifs is 1. The van der Waals surface area contributed by atoms with Gasteiger partial charge in [-0.3, -0.25) is 14.6 Å². The molecule has 0 spiro atoms. The number of thiazole rings is 1. The van der Waals surface area contributed by atoms with Crippen LogP contribution in [0.25, 0.3) is 10.3 Å². The number of carbonyl (C=O) groups excluding carboxylic acids is 1. The average Bonchev–Trinajstić information content (AvgIpc) is 3.56. The van der Waals surface area contributed by atoms with Gasteiger partial charge in [0.05, 0.1) is 6.04 Å². The summed E-state index contributed by atoms with van der Waals surface area (Å²) in [6.07, 6.45) is -1.45. The number of Topliss-reactive ketones (excluding diaryl/α,β-unsaturated/α-hetero) is 1. The lowest BCUT2D eigenvalue weighted by Crippen LogP contribution is -2.42. The van der Waals surface area contributed by atoms with E-state index in [1.807, 2.05) is 35.2 Å². The fourth-order valence-electron chi connectivity index (χ4n) is 4.84. The molecule has 0 saturated carbocycles. The first-order valence-electron chi connectivity index (χ1n) is 11.4. The molecule has 0 unspecified atom stereocenters. The molecule has 2 aromatic heterocycles. The Morgan fingerprint density at radius 1 is 1.09 bits per heavy atom. The van der Waals surface area contributed by atoms with Crippen molar-refractivity contribution in [2.24, 2.45) is 0 Å². The number of rotatable bonds is 6. The zero-order valence-electron chi connectivity index (χ0n) is 18.3. The summed E-state index contributed by atoms with van der Waals surface area (Å²) in [5.41, 5.74) is 0.623. The molecule has 2 aliphatic rings. The largest absolute Gasteiger partial charge is 0.408 e. The predicted molar refractivity (Wildman–Crippen MR) is 125 cm³/mol. The van der Waals surface area contributed by atoms with Gasteiger partial charge in [-0.1, -0.05) is 41.7 Å². The molecule has 11 heteroatoms. The Bertz CT molecular complexity index is 1240. The second-order valence-corrected chi connectivity index (χ2v) is 9.69. The highest BCUT2D eigenvalue weighted by molar-refractivity contribution is 7.21. The van der Waals surface area contributed by atoms with Crippen LogP contribution in [-0.4, -0.2) is 52.1 Å². The third-order valence-corrected chi connectivity index (χ3v) is 7.51. The topological polar surface area (TPSA) is 82.2 Å². The van der Waals surface area contributed by atoms with Crippen molar-refractivity contribution in [1.29, 1.82) is 0 Å². The Kier molecular flexibility index (Phi) is 6.05. The van der Waals surface area contributed by atoms with Crippen molar-refractivity contribution in [3.05, 3.63) is 46.2 Å². The standard InChI is InChI=1S/C23H24F3N5O2S/c24-23(25,26)17-9-5-13-31(17)21-28-19(33)18-20(29-21)34-22(27-18)30-12-4-8-15(30)16(32)11-10-14-6-2-1-3-7-14/h1-3,6-7,15,17H,4-5,8-13H2,(H,28,29,33)/t15-,17-/m1/s1. The van der Waals surface area contributed by atoms with E-state index in [4.69, 9.17) is 0 Å². The number of alkyl halides is 3. The summed E-state index contributed by atoms with van der Waals surface area (Å²) in [6, 6.07) is 7.83. The predicted octanol–water partition coefficient (Wildman–Crippen LogP) is 4.08. The Balaban J connectivity index is 1.38. The number of aromatic nitrogens is 3. The Morgan fingerprint density at radius 3 is 2.59 bits per heavy atom. The van der Waals surface area contributed by atoms with Crippen LogP contribution in [-0.2, 0) is 11.2 Å². The SMILES string of the molecule is O=C(CCc1ccccc1)[C@H]1CCCN1c1nc2c(=O)[nH]c(N3CCC[C@@H]3C(F)(F)F)nc2s1. The molecule has 180 valence electrons. The number of H-pyrrole nitrogens is 1. The van der Waals surface area contributed by atoms with Crippen molar-refractivity contribution in [3.63, 3.8) is 0 Å². The smallest absolute Gasteiger partial charge is 0.338 e. The van der Waals surface area contributed by atoms with Gasteiger partial charge >= 0.3 is 6.18 Å². The number of ketones is 1. The lowest BCUT2D eigenvalue weighted by atomic mass is 10.0. The van der Waals surface area contributed by atoms with Gasteiger partial charge in [0, 0.05) is 19.5 Å². The molecule has 0 aliphatic carbocycles. The minimum absolute atomic E-state index is 0.0280. The highest BCUT2D eigenvalue weighted by Crippen LogP contribution is 2.36. The monoisotopic (exact) mass is 491 g/mol. The van der Waals surface area contributed by atoms with Gasteiger partial charge in [-0.05, 0) is 37.7 Å². The number of hydrogen-bond donors (Lipinski definition) is 1. The molecule has 3 aromatic rings. The van der Waals surface area contributed by atoms with Crippen LogP contribution in [0, 0.1) is 0 Å². The molecule has 1 N–H and O–H groups in total. The average molecular weight is 492 g/mol. The van der Waals surface area contributed by atoms with Crippen molar-refractivity contribution in [2.45, 2.75) is 56.8 Å².